The summed E-state index contributed by atoms with van der Waals surface area (Å²) in [4.78, 5) is 14.7. The Morgan fingerprint density at radius 3 is 2.32 bits per heavy atom. The van der Waals surface area contributed by atoms with E-state index in [0.717, 1.165) is 46.4 Å². The van der Waals surface area contributed by atoms with Crippen LogP contribution in [0.5, 0.6) is 5.75 Å². The van der Waals surface area contributed by atoms with Crippen molar-refractivity contribution in [2.45, 2.75) is 36.7 Å². The lowest BCUT2D eigenvalue weighted by molar-refractivity contribution is -0.133. The number of ether oxygens (including phenoxy) is 1. The number of rotatable bonds is 8. The highest BCUT2D eigenvalue weighted by atomic mass is 35.5. The van der Waals surface area contributed by atoms with E-state index in [1.807, 2.05) is 24.3 Å². The SMILES string of the molecule is Cl.O=C(NO)C1Cc2ccoc2CN1S(=O)(=O)c1ccc(-c2ccc(OCCN3CCCC3)cc2)cc1. The first kappa shape index (κ1) is 27.2. The fourth-order valence-corrected chi connectivity index (χ4v) is 6.34. The summed E-state index contributed by atoms with van der Waals surface area (Å²) in [6.45, 7) is 3.77. The molecule has 5 rings (SSSR count). The Labute approximate surface area is 222 Å². The van der Waals surface area contributed by atoms with Gasteiger partial charge in [-0.25, -0.2) is 13.9 Å². The van der Waals surface area contributed by atoms with Crippen LogP contribution in [0.15, 0.2) is 70.2 Å². The van der Waals surface area contributed by atoms with E-state index in [0.29, 0.717) is 12.4 Å². The minimum atomic E-state index is -4.03. The van der Waals surface area contributed by atoms with E-state index >= 15 is 0 Å². The molecule has 1 atom stereocenters. The molecule has 0 spiro atoms. The van der Waals surface area contributed by atoms with Crippen molar-refractivity contribution in [1.29, 1.82) is 0 Å². The smallest absolute Gasteiger partial charge is 0.262 e. The lowest BCUT2D eigenvalue weighted by Crippen LogP contribution is -2.51. The van der Waals surface area contributed by atoms with Gasteiger partial charge in [0.15, 0.2) is 0 Å². The van der Waals surface area contributed by atoms with Gasteiger partial charge in [-0.2, -0.15) is 4.31 Å². The monoisotopic (exact) mass is 547 g/mol. The second-order valence-electron chi connectivity index (χ2n) is 9.06. The van der Waals surface area contributed by atoms with Crippen molar-refractivity contribution in [3.63, 3.8) is 0 Å². The number of nitrogens with zero attached hydrogens (tertiary/aromatic N) is 2. The van der Waals surface area contributed by atoms with E-state index in [1.165, 1.54) is 31.2 Å². The molecule has 37 heavy (non-hydrogen) atoms. The molecule has 0 saturated carbocycles. The van der Waals surface area contributed by atoms with Crippen molar-refractivity contribution in [1.82, 2.24) is 14.7 Å². The fourth-order valence-electron chi connectivity index (χ4n) is 4.80. The van der Waals surface area contributed by atoms with Crippen LogP contribution in [0, 0.1) is 0 Å². The molecule has 1 amide bonds. The lowest BCUT2D eigenvalue weighted by atomic mass is 10.0. The Bertz CT molecular complexity index is 1300. The van der Waals surface area contributed by atoms with Gasteiger partial charge in [-0.15, -0.1) is 12.4 Å². The number of carbonyl (C=O) groups is 1. The first-order valence-corrected chi connectivity index (χ1v) is 13.5. The van der Waals surface area contributed by atoms with Crippen LogP contribution < -0.4 is 10.2 Å². The summed E-state index contributed by atoms with van der Waals surface area (Å²) in [5, 5.41) is 9.16. The van der Waals surface area contributed by atoms with E-state index in [9.17, 15) is 13.2 Å². The molecule has 0 aliphatic carbocycles. The van der Waals surface area contributed by atoms with Gasteiger partial charge in [-0.05, 0) is 73.0 Å². The van der Waals surface area contributed by atoms with Crippen LogP contribution in [-0.4, -0.2) is 61.0 Å². The summed E-state index contributed by atoms with van der Waals surface area (Å²) in [7, 11) is -4.03. The molecule has 2 aliphatic rings. The topological polar surface area (TPSA) is 112 Å². The number of benzene rings is 2. The second kappa shape index (κ2) is 11.7. The summed E-state index contributed by atoms with van der Waals surface area (Å²) in [5.41, 5.74) is 4.12. The number of hydroxylamine groups is 1. The zero-order chi connectivity index (χ0) is 25.1. The van der Waals surface area contributed by atoms with E-state index in [1.54, 1.807) is 23.7 Å². The van der Waals surface area contributed by atoms with Crippen LogP contribution in [-0.2, 0) is 27.8 Å². The van der Waals surface area contributed by atoms with Gasteiger partial charge >= 0.3 is 0 Å². The number of fused-ring (bicyclic) bond motifs is 1. The summed E-state index contributed by atoms with van der Waals surface area (Å²) in [5.74, 6) is 0.498. The molecule has 2 aromatic carbocycles. The number of carbonyl (C=O) groups excluding carboxylic acids is 1. The zero-order valence-electron chi connectivity index (χ0n) is 20.2. The van der Waals surface area contributed by atoms with Crippen molar-refractivity contribution < 1.29 is 27.6 Å². The van der Waals surface area contributed by atoms with Gasteiger partial charge in [0.1, 0.15) is 24.2 Å². The molecule has 0 radical (unpaired) electrons. The molecule has 1 saturated heterocycles. The van der Waals surface area contributed by atoms with Crippen LogP contribution in [0.2, 0.25) is 0 Å². The molecule has 9 nitrogen and oxygen atoms in total. The average molecular weight is 548 g/mol. The molecule has 198 valence electrons. The fraction of sp³-hybridized carbons (Fsp3) is 0.346. The van der Waals surface area contributed by atoms with E-state index in [2.05, 4.69) is 4.90 Å². The summed E-state index contributed by atoms with van der Waals surface area (Å²) in [6, 6.07) is 14.9. The molecule has 2 N–H and O–H groups in total. The molecule has 11 heteroatoms. The number of likely N-dealkylation sites (tertiary alicyclic amines) is 1. The number of sulfonamides is 1. The Hall–Kier alpha value is -2.89. The van der Waals surface area contributed by atoms with Gasteiger partial charge < -0.3 is 9.15 Å². The van der Waals surface area contributed by atoms with E-state index in [-0.39, 0.29) is 30.3 Å². The maximum absolute atomic E-state index is 13.4. The van der Waals surface area contributed by atoms with Crippen molar-refractivity contribution in [2.24, 2.45) is 0 Å². The van der Waals surface area contributed by atoms with Crippen LogP contribution in [0.3, 0.4) is 0 Å². The summed E-state index contributed by atoms with van der Waals surface area (Å²) in [6.07, 6.45) is 4.10. The van der Waals surface area contributed by atoms with Gasteiger partial charge in [0.25, 0.3) is 5.91 Å². The first-order valence-electron chi connectivity index (χ1n) is 12.0. The Morgan fingerprint density at radius 1 is 1.03 bits per heavy atom. The Kier molecular flexibility index (Phi) is 8.56. The van der Waals surface area contributed by atoms with Gasteiger partial charge in [0.2, 0.25) is 10.0 Å². The summed E-state index contributed by atoms with van der Waals surface area (Å²) < 4.78 is 39.2. The third-order valence-corrected chi connectivity index (χ3v) is 8.70. The van der Waals surface area contributed by atoms with Gasteiger partial charge in [-0.3, -0.25) is 14.9 Å². The summed E-state index contributed by atoms with van der Waals surface area (Å²) >= 11 is 0. The van der Waals surface area contributed by atoms with E-state index < -0.39 is 22.0 Å². The van der Waals surface area contributed by atoms with Crippen LogP contribution in [0.4, 0.5) is 0 Å². The predicted molar refractivity (Wildman–Crippen MR) is 139 cm³/mol. The maximum Gasteiger partial charge on any atom is 0.262 e. The Balaban J connectivity index is 0.00000320. The van der Waals surface area contributed by atoms with Gasteiger partial charge in [0.05, 0.1) is 17.7 Å². The largest absolute Gasteiger partial charge is 0.492 e. The van der Waals surface area contributed by atoms with Crippen molar-refractivity contribution in [3.8, 4) is 16.9 Å². The number of hydrogen-bond donors (Lipinski definition) is 2. The molecular weight excluding hydrogens is 518 g/mol. The molecular formula is C26H30ClN3O6S. The number of furan rings is 1. The van der Waals surface area contributed by atoms with E-state index in [4.69, 9.17) is 14.4 Å². The number of amides is 1. The second-order valence-corrected chi connectivity index (χ2v) is 11.0. The molecule has 3 aromatic rings. The molecule has 1 aromatic heterocycles. The maximum atomic E-state index is 13.4. The molecule has 1 unspecified atom stereocenters. The minimum Gasteiger partial charge on any atom is -0.492 e. The zero-order valence-corrected chi connectivity index (χ0v) is 21.8. The van der Waals surface area contributed by atoms with Crippen molar-refractivity contribution in [3.05, 3.63) is 72.2 Å². The Morgan fingerprint density at radius 2 is 1.68 bits per heavy atom. The molecule has 3 heterocycles. The third kappa shape index (κ3) is 5.83. The standard InChI is InChI=1S/C26H29N3O6S.ClH/c30-26(27-31)24-17-21-11-15-35-25(21)18-29(24)36(32,33)23-9-5-20(6-10-23)19-3-7-22(8-4-19)34-16-14-28-12-1-2-13-28;/h3-11,15,24,31H,1-2,12-14,16-18H2,(H,27,30);1H. The van der Waals surface area contributed by atoms with Crippen LogP contribution in [0.25, 0.3) is 11.1 Å². The highest BCUT2D eigenvalue weighted by Gasteiger charge is 2.40. The molecule has 0 bridgehead atoms. The highest BCUT2D eigenvalue weighted by molar-refractivity contribution is 7.89. The van der Waals surface area contributed by atoms with Crippen LogP contribution in [0.1, 0.15) is 24.2 Å². The number of halogens is 1. The van der Waals surface area contributed by atoms with Gasteiger partial charge in [0, 0.05) is 13.0 Å². The minimum absolute atomic E-state index is 0. The van der Waals surface area contributed by atoms with Crippen molar-refractivity contribution in [2.75, 3.05) is 26.2 Å². The number of nitrogens with one attached hydrogen (secondary N) is 1. The third-order valence-electron chi connectivity index (χ3n) is 6.83. The van der Waals surface area contributed by atoms with Gasteiger partial charge in [-0.1, -0.05) is 24.3 Å². The lowest BCUT2D eigenvalue weighted by Gasteiger charge is -2.32. The first-order chi connectivity index (χ1) is 17.5. The predicted octanol–water partition coefficient (Wildman–Crippen LogP) is 3.46. The number of hydrogen-bond acceptors (Lipinski definition) is 7. The van der Waals surface area contributed by atoms with Crippen molar-refractivity contribution >= 4 is 28.3 Å². The quantitative estimate of drug-likeness (QED) is 0.328. The highest BCUT2D eigenvalue weighted by Crippen LogP contribution is 2.31. The normalized spacial score (nSPS) is 18.1. The molecule has 2 aliphatic heterocycles. The average Bonchev–Trinajstić information content (AvgIpc) is 3.60. The molecule has 1 fully saturated rings. The van der Waals surface area contributed by atoms with Crippen LogP contribution >= 0.6 is 12.4 Å².